The zero-order chi connectivity index (χ0) is 29.6. The summed E-state index contributed by atoms with van der Waals surface area (Å²) in [7, 11) is 1.35. The van der Waals surface area contributed by atoms with Gasteiger partial charge in [-0.15, -0.1) is 11.3 Å². The Bertz CT molecular complexity index is 1360. The lowest BCUT2D eigenvalue weighted by Crippen LogP contribution is -2.54. The molecule has 2 aromatic rings. The summed E-state index contributed by atoms with van der Waals surface area (Å²) in [6.45, 7) is 4.27. The largest absolute Gasteiger partial charge is 0.490 e. The average molecular weight is 581 g/mol. The number of hydrogen-bond donors (Lipinski definition) is 1. The fourth-order valence-electron chi connectivity index (χ4n) is 6.09. The van der Waals surface area contributed by atoms with Gasteiger partial charge >= 0.3 is 18.1 Å². The van der Waals surface area contributed by atoms with Gasteiger partial charge in [0, 0.05) is 28.4 Å². The number of fused-ring (bicyclic) bond motifs is 3. The lowest BCUT2D eigenvalue weighted by atomic mass is 9.77. The van der Waals surface area contributed by atoms with Crippen LogP contribution in [-0.4, -0.2) is 76.4 Å². The molecule has 214 valence electrons. The molecule has 0 spiro atoms. The van der Waals surface area contributed by atoms with Crippen LogP contribution >= 0.6 is 11.3 Å². The Morgan fingerprint density at radius 1 is 1.15 bits per heavy atom. The SMILES string of the molecule is CCN1C(=O)C2C(c3ccc(-c4cc(C(C)=O)cs4)cc3)N3CCC[C@@]3(C(=O)OC)C2C1=O.O=C(O)C(F)(F)F. The van der Waals surface area contributed by atoms with Gasteiger partial charge in [-0.2, -0.15) is 13.2 Å². The third kappa shape index (κ3) is 4.70. The summed E-state index contributed by atoms with van der Waals surface area (Å²) >= 11 is 1.51. The van der Waals surface area contributed by atoms with Crippen LogP contribution in [0.5, 0.6) is 0 Å². The van der Waals surface area contributed by atoms with Crippen LogP contribution in [0.2, 0.25) is 0 Å². The molecule has 1 N–H and O–H groups in total. The minimum absolute atomic E-state index is 0.0317. The van der Waals surface area contributed by atoms with Crippen LogP contribution in [0.15, 0.2) is 35.7 Å². The summed E-state index contributed by atoms with van der Waals surface area (Å²) in [6.07, 6.45) is -3.81. The van der Waals surface area contributed by atoms with E-state index < -0.39 is 35.5 Å². The third-order valence-electron chi connectivity index (χ3n) is 7.74. The highest BCUT2D eigenvalue weighted by atomic mass is 32.1. The highest BCUT2D eigenvalue weighted by molar-refractivity contribution is 7.13. The molecular weight excluding hydrogens is 553 g/mol. The van der Waals surface area contributed by atoms with E-state index in [0.717, 1.165) is 22.4 Å². The number of hydrogen-bond acceptors (Lipinski definition) is 8. The number of carboxylic acids is 1. The number of likely N-dealkylation sites (tertiary alicyclic amines) is 1. The van der Waals surface area contributed by atoms with Crippen molar-refractivity contribution in [3.63, 3.8) is 0 Å². The molecule has 0 saturated carbocycles. The number of Topliss-reactive ketones (excluding diaryl/α,β-unsaturated/α-hetero) is 1. The number of thiophene rings is 1. The summed E-state index contributed by atoms with van der Waals surface area (Å²) in [5, 5.41) is 8.98. The Balaban J connectivity index is 0.000000470. The highest BCUT2D eigenvalue weighted by Crippen LogP contribution is 2.59. The quantitative estimate of drug-likeness (QED) is 0.321. The van der Waals surface area contributed by atoms with E-state index in [-0.39, 0.29) is 23.6 Å². The van der Waals surface area contributed by atoms with Crippen molar-refractivity contribution in [2.24, 2.45) is 11.8 Å². The third-order valence-corrected chi connectivity index (χ3v) is 8.72. The van der Waals surface area contributed by atoms with Crippen molar-refractivity contribution in [3.8, 4) is 10.4 Å². The molecule has 0 radical (unpaired) electrons. The topological polar surface area (TPSA) is 121 Å². The number of ketones is 1. The molecule has 3 aliphatic rings. The van der Waals surface area contributed by atoms with Gasteiger partial charge in [0.25, 0.3) is 0 Å². The van der Waals surface area contributed by atoms with E-state index in [0.29, 0.717) is 25.1 Å². The van der Waals surface area contributed by atoms with Gasteiger partial charge in [-0.3, -0.25) is 29.0 Å². The van der Waals surface area contributed by atoms with Crippen LogP contribution in [0.4, 0.5) is 13.2 Å². The molecule has 3 saturated heterocycles. The number of alkyl halides is 3. The van der Waals surface area contributed by atoms with Crippen LogP contribution < -0.4 is 0 Å². The maximum absolute atomic E-state index is 13.3. The molecule has 0 aliphatic carbocycles. The van der Waals surface area contributed by atoms with Crippen LogP contribution in [0.25, 0.3) is 10.4 Å². The number of carbonyl (C=O) groups excluding carboxylic acids is 4. The van der Waals surface area contributed by atoms with E-state index in [1.165, 1.54) is 23.3 Å². The average Bonchev–Trinajstić information content (AvgIpc) is 3.66. The van der Waals surface area contributed by atoms with Crippen molar-refractivity contribution in [1.82, 2.24) is 9.80 Å². The van der Waals surface area contributed by atoms with Crippen molar-refractivity contribution in [1.29, 1.82) is 0 Å². The Morgan fingerprint density at radius 3 is 2.27 bits per heavy atom. The fraction of sp³-hybridized carbons (Fsp3) is 0.444. The molecule has 1 aromatic heterocycles. The summed E-state index contributed by atoms with van der Waals surface area (Å²) in [6, 6.07) is 9.43. The first-order chi connectivity index (χ1) is 18.8. The van der Waals surface area contributed by atoms with E-state index in [9.17, 15) is 32.3 Å². The Labute approximate surface area is 231 Å². The van der Waals surface area contributed by atoms with Gasteiger partial charge in [-0.25, -0.2) is 4.79 Å². The number of amides is 2. The Kier molecular flexibility index (Phi) is 7.92. The molecule has 3 unspecified atom stereocenters. The number of esters is 1. The first kappa shape index (κ1) is 29.4. The summed E-state index contributed by atoms with van der Waals surface area (Å²) in [5.74, 6) is -4.95. The molecule has 4 atom stereocenters. The van der Waals surface area contributed by atoms with Gasteiger partial charge in [-0.05, 0) is 50.4 Å². The molecule has 3 aliphatic heterocycles. The van der Waals surface area contributed by atoms with Gasteiger partial charge in [0.15, 0.2) is 5.78 Å². The number of methoxy groups -OCH3 is 1. The van der Waals surface area contributed by atoms with Gasteiger partial charge in [0.05, 0.1) is 18.9 Å². The minimum atomic E-state index is -5.08. The Hall–Kier alpha value is -3.58. The van der Waals surface area contributed by atoms with Crippen LogP contribution in [0, 0.1) is 11.8 Å². The number of imide groups is 1. The maximum Gasteiger partial charge on any atom is 0.490 e. The van der Waals surface area contributed by atoms with Gasteiger partial charge in [0.2, 0.25) is 11.8 Å². The smallest absolute Gasteiger partial charge is 0.475 e. The van der Waals surface area contributed by atoms with Gasteiger partial charge in [0.1, 0.15) is 5.54 Å². The number of benzene rings is 1. The first-order valence-electron chi connectivity index (χ1n) is 12.5. The number of carboxylic acid groups (broad SMARTS) is 1. The number of nitrogens with zero attached hydrogens (tertiary/aromatic N) is 2. The second kappa shape index (κ2) is 10.8. The number of aliphatic carboxylic acids is 1. The van der Waals surface area contributed by atoms with Gasteiger partial charge < -0.3 is 9.84 Å². The molecule has 4 heterocycles. The van der Waals surface area contributed by atoms with E-state index >= 15 is 0 Å². The molecule has 40 heavy (non-hydrogen) atoms. The monoisotopic (exact) mass is 580 g/mol. The molecule has 3 fully saturated rings. The summed E-state index contributed by atoms with van der Waals surface area (Å²) < 4.78 is 36.9. The highest BCUT2D eigenvalue weighted by Gasteiger charge is 2.73. The molecule has 5 rings (SSSR count). The zero-order valence-electron chi connectivity index (χ0n) is 21.9. The lowest BCUT2D eigenvalue weighted by molar-refractivity contribution is -0.192. The second-order valence-electron chi connectivity index (χ2n) is 9.76. The van der Waals surface area contributed by atoms with Crippen LogP contribution in [0.1, 0.15) is 48.7 Å². The molecular formula is C27H27F3N2O7S. The van der Waals surface area contributed by atoms with Crippen LogP contribution in [0.3, 0.4) is 0 Å². The number of rotatable bonds is 5. The van der Waals surface area contributed by atoms with E-state index in [2.05, 4.69) is 0 Å². The lowest BCUT2D eigenvalue weighted by Gasteiger charge is -2.36. The fourth-order valence-corrected chi connectivity index (χ4v) is 7.04. The van der Waals surface area contributed by atoms with E-state index in [4.69, 9.17) is 14.6 Å². The predicted octanol–water partition coefficient (Wildman–Crippen LogP) is 3.93. The molecule has 2 amide bonds. The summed E-state index contributed by atoms with van der Waals surface area (Å²) in [5.41, 5.74) is 1.48. The van der Waals surface area contributed by atoms with Crippen LogP contribution in [-0.2, 0) is 23.9 Å². The predicted molar refractivity (Wildman–Crippen MR) is 136 cm³/mol. The van der Waals surface area contributed by atoms with Crippen molar-refractivity contribution in [2.75, 3.05) is 20.2 Å². The maximum atomic E-state index is 13.3. The van der Waals surface area contributed by atoms with Crippen molar-refractivity contribution in [2.45, 2.75) is 44.4 Å². The van der Waals surface area contributed by atoms with Crippen molar-refractivity contribution < 1.29 is 47.0 Å². The number of ether oxygens (including phenoxy) is 1. The standard InChI is InChI=1S/C25H26N2O5S.C2HF3O2/c1-4-26-22(29)19-20(23(26)30)25(24(31)32-3)10-5-11-27(25)21(19)16-8-6-15(7-9-16)18-12-17(13-33-18)14(2)28;3-2(4,5)1(6)7/h6-9,12-13,19-21H,4-5,10-11H2,1-3H3;(H,6,7)/t19?,20?,21?,25-;/m0./s1. The summed E-state index contributed by atoms with van der Waals surface area (Å²) in [4.78, 5) is 64.7. The van der Waals surface area contributed by atoms with E-state index in [1.807, 2.05) is 40.6 Å². The molecule has 1 aromatic carbocycles. The van der Waals surface area contributed by atoms with E-state index in [1.54, 1.807) is 13.8 Å². The minimum Gasteiger partial charge on any atom is -0.475 e. The molecule has 13 heteroatoms. The molecule has 9 nitrogen and oxygen atoms in total. The van der Waals surface area contributed by atoms with Crippen molar-refractivity contribution in [3.05, 3.63) is 46.8 Å². The van der Waals surface area contributed by atoms with Crippen molar-refractivity contribution >= 4 is 40.9 Å². The Morgan fingerprint density at radius 2 is 1.77 bits per heavy atom. The number of halogens is 3. The molecule has 0 bridgehead atoms. The first-order valence-corrected chi connectivity index (χ1v) is 13.4. The second-order valence-corrected chi connectivity index (χ2v) is 10.7. The zero-order valence-corrected chi connectivity index (χ0v) is 22.7. The normalized spacial score (nSPS) is 25.8. The number of carbonyl (C=O) groups is 5. The van der Waals surface area contributed by atoms with Gasteiger partial charge in [-0.1, -0.05) is 24.3 Å².